The molecule has 0 aromatic heterocycles. The predicted molar refractivity (Wildman–Crippen MR) is 154 cm³/mol. The van der Waals surface area contributed by atoms with E-state index in [1.54, 1.807) is 12.2 Å². The van der Waals surface area contributed by atoms with Crippen LogP contribution in [0.2, 0.25) is 0 Å². The minimum atomic E-state index is -0.255. The summed E-state index contributed by atoms with van der Waals surface area (Å²) in [6, 6.07) is 0. The average Bonchev–Trinajstić information content (AvgIpc) is 2.81. The van der Waals surface area contributed by atoms with Gasteiger partial charge in [0.15, 0.2) is 0 Å². The smallest absolute Gasteiger partial charge is 0.126 e. The highest BCUT2D eigenvalue weighted by atomic mass is 19.1. The van der Waals surface area contributed by atoms with Crippen LogP contribution in [-0.4, -0.2) is 0 Å². The van der Waals surface area contributed by atoms with Gasteiger partial charge in [0.2, 0.25) is 0 Å². The summed E-state index contributed by atoms with van der Waals surface area (Å²) in [5.74, 6) is 1.83. The molecule has 0 saturated carbocycles. The monoisotopic (exact) mass is 488 g/mol. The second-order valence-corrected chi connectivity index (χ2v) is 11.4. The molecule has 0 rings (SSSR count). The molecule has 0 aliphatic rings. The summed E-state index contributed by atoms with van der Waals surface area (Å²) >= 11 is 0. The molecule has 0 saturated heterocycles. The highest BCUT2D eigenvalue weighted by molar-refractivity contribution is 5.32. The first kappa shape index (κ1) is 33.3. The van der Waals surface area contributed by atoms with E-state index in [-0.39, 0.29) is 29.4 Å². The first-order valence-electron chi connectivity index (χ1n) is 13.7. The van der Waals surface area contributed by atoms with Crippen molar-refractivity contribution in [3.8, 4) is 0 Å². The highest BCUT2D eigenvalue weighted by Gasteiger charge is 2.18. The van der Waals surface area contributed by atoms with Crippen LogP contribution in [-0.2, 0) is 0 Å². The van der Waals surface area contributed by atoms with Crippen molar-refractivity contribution in [2.75, 3.05) is 0 Å². The van der Waals surface area contributed by atoms with Gasteiger partial charge >= 0.3 is 0 Å². The van der Waals surface area contributed by atoms with Crippen molar-refractivity contribution >= 4 is 0 Å². The quantitative estimate of drug-likeness (QED) is 0.168. The van der Waals surface area contributed by atoms with Gasteiger partial charge < -0.3 is 0 Å². The number of hydrogen-bond acceptors (Lipinski definition) is 0. The third-order valence-electron chi connectivity index (χ3n) is 7.81. The Morgan fingerprint density at radius 3 is 1.43 bits per heavy atom. The number of rotatable bonds is 18. The average molecular weight is 489 g/mol. The fraction of sp³-hybridized carbons (Fsp3) is 0.636. The van der Waals surface area contributed by atoms with Crippen molar-refractivity contribution < 1.29 is 8.78 Å². The molecular weight excluding hydrogens is 434 g/mol. The molecule has 0 bridgehead atoms. The Kier molecular flexibility index (Phi) is 16.1. The Bertz CT molecular complexity index is 764. The van der Waals surface area contributed by atoms with E-state index < -0.39 is 0 Å². The van der Waals surface area contributed by atoms with Crippen LogP contribution in [0.1, 0.15) is 100 Å². The van der Waals surface area contributed by atoms with Crippen molar-refractivity contribution in [3.63, 3.8) is 0 Å². The zero-order chi connectivity index (χ0) is 27.3. The summed E-state index contributed by atoms with van der Waals surface area (Å²) in [6.07, 6.45) is 9.87. The molecule has 0 spiro atoms. The fourth-order valence-electron chi connectivity index (χ4n) is 3.93. The van der Waals surface area contributed by atoms with Crippen molar-refractivity contribution in [2.45, 2.75) is 100 Å². The van der Waals surface area contributed by atoms with E-state index in [1.807, 2.05) is 6.92 Å². The Balaban J connectivity index is 4.65. The number of hydrogen-bond donors (Lipinski definition) is 0. The van der Waals surface area contributed by atoms with E-state index in [1.165, 1.54) is 0 Å². The molecule has 0 N–H and O–H groups in total. The normalized spacial score (nSPS) is 17.0. The molecule has 0 radical (unpaired) electrons. The highest BCUT2D eigenvalue weighted by Crippen LogP contribution is 2.31. The van der Waals surface area contributed by atoms with Crippen LogP contribution >= 0.6 is 0 Å². The van der Waals surface area contributed by atoms with Crippen LogP contribution in [0.4, 0.5) is 8.78 Å². The molecule has 5 unspecified atom stereocenters. The molecule has 35 heavy (non-hydrogen) atoms. The molecule has 0 heterocycles. The van der Waals surface area contributed by atoms with E-state index >= 15 is 0 Å². The summed E-state index contributed by atoms with van der Waals surface area (Å²) in [5.41, 5.74) is 2.77. The van der Waals surface area contributed by atoms with Crippen molar-refractivity contribution in [2.24, 2.45) is 35.5 Å². The predicted octanol–water partition coefficient (Wildman–Crippen LogP) is 11.5. The van der Waals surface area contributed by atoms with Crippen LogP contribution in [0.3, 0.4) is 0 Å². The second-order valence-electron chi connectivity index (χ2n) is 11.4. The molecule has 0 nitrogen and oxygen atoms in total. The molecule has 0 aliphatic heterocycles. The van der Waals surface area contributed by atoms with Crippen LogP contribution in [0, 0.1) is 35.5 Å². The number of halogens is 2. The van der Waals surface area contributed by atoms with E-state index in [0.717, 1.165) is 49.7 Å². The van der Waals surface area contributed by atoms with E-state index in [0.29, 0.717) is 35.3 Å². The standard InChI is InChI=1S/C33H54F2/c1-13-23(4)32(34)20-29(10)27(8)17-16-24(5)25(6)18-19-28(9)31(12)33(35)21-30(11)26(7)15-14-22(2)3/h20-22,24-28H,4,10-19H2,1-3,5-9H3/b32-20+,33-21+. The molecule has 0 amide bonds. The van der Waals surface area contributed by atoms with Gasteiger partial charge in [-0.2, -0.15) is 0 Å². The Hall–Kier alpha value is -1.70. The van der Waals surface area contributed by atoms with Crippen LogP contribution < -0.4 is 0 Å². The maximum atomic E-state index is 14.8. The minimum absolute atomic E-state index is 0.0955. The van der Waals surface area contributed by atoms with Gasteiger partial charge in [0.1, 0.15) is 11.7 Å². The summed E-state index contributed by atoms with van der Waals surface area (Å²) < 4.78 is 28.9. The first-order chi connectivity index (χ1) is 16.2. The zero-order valence-electron chi connectivity index (χ0n) is 24.2. The maximum absolute atomic E-state index is 14.8. The molecule has 200 valence electrons. The van der Waals surface area contributed by atoms with E-state index in [9.17, 15) is 8.78 Å². The van der Waals surface area contributed by atoms with Gasteiger partial charge in [0.05, 0.1) is 0 Å². The number of allylic oxidation sites excluding steroid dienone is 8. The van der Waals surface area contributed by atoms with Gasteiger partial charge in [-0.25, -0.2) is 8.78 Å². The van der Waals surface area contributed by atoms with Gasteiger partial charge in [0.25, 0.3) is 0 Å². The van der Waals surface area contributed by atoms with Crippen LogP contribution in [0.5, 0.6) is 0 Å². The van der Waals surface area contributed by atoms with Gasteiger partial charge in [-0.15, -0.1) is 0 Å². The van der Waals surface area contributed by atoms with Crippen LogP contribution in [0.15, 0.2) is 72.4 Å². The zero-order valence-corrected chi connectivity index (χ0v) is 24.2. The summed E-state index contributed by atoms with van der Waals surface area (Å²) in [4.78, 5) is 0. The van der Waals surface area contributed by atoms with Gasteiger partial charge in [-0.1, -0.05) is 88.1 Å². The molecule has 0 aromatic carbocycles. The summed E-state index contributed by atoms with van der Waals surface area (Å²) in [6.45, 7) is 33.1. The lowest BCUT2D eigenvalue weighted by atomic mass is 9.82. The topological polar surface area (TPSA) is 0 Å². The SMILES string of the molecule is C=C(CC)/C(F)=C\C(=C)C(C)CCC(C)C(C)CCC(C)C(=C)/C(F)=C\C(=C)C(C)CCC(C)C. The fourth-order valence-corrected chi connectivity index (χ4v) is 3.93. The van der Waals surface area contributed by atoms with E-state index in [4.69, 9.17) is 0 Å². The van der Waals surface area contributed by atoms with Crippen molar-refractivity contribution in [1.82, 2.24) is 0 Å². The molecule has 0 fully saturated rings. The molecular formula is C33H54F2. The molecule has 5 atom stereocenters. The summed E-state index contributed by atoms with van der Waals surface area (Å²) in [7, 11) is 0. The Labute approximate surface area is 217 Å². The van der Waals surface area contributed by atoms with Crippen LogP contribution in [0.25, 0.3) is 0 Å². The third kappa shape index (κ3) is 13.3. The van der Waals surface area contributed by atoms with Gasteiger partial charge in [0, 0.05) is 0 Å². The lowest BCUT2D eigenvalue weighted by Crippen LogP contribution is -2.12. The molecule has 2 heteroatoms. The Morgan fingerprint density at radius 2 is 1.00 bits per heavy atom. The van der Waals surface area contributed by atoms with Gasteiger partial charge in [-0.3, -0.25) is 0 Å². The third-order valence-corrected chi connectivity index (χ3v) is 7.81. The second kappa shape index (κ2) is 16.9. The Morgan fingerprint density at radius 1 is 0.600 bits per heavy atom. The molecule has 0 aromatic rings. The lowest BCUT2D eigenvalue weighted by molar-refractivity contribution is 0.308. The summed E-state index contributed by atoms with van der Waals surface area (Å²) in [5, 5.41) is 0. The lowest BCUT2D eigenvalue weighted by Gasteiger charge is -2.24. The van der Waals surface area contributed by atoms with Crippen molar-refractivity contribution in [1.29, 1.82) is 0 Å². The van der Waals surface area contributed by atoms with Crippen molar-refractivity contribution in [3.05, 3.63) is 72.4 Å². The largest absolute Gasteiger partial charge is 0.207 e. The first-order valence-corrected chi connectivity index (χ1v) is 13.7. The van der Waals surface area contributed by atoms with Gasteiger partial charge in [-0.05, 0) is 108 Å². The maximum Gasteiger partial charge on any atom is 0.126 e. The minimum Gasteiger partial charge on any atom is -0.207 e. The van der Waals surface area contributed by atoms with E-state index in [2.05, 4.69) is 74.8 Å². The molecule has 0 aliphatic carbocycles.